The molecule has 0 saturated heterocycles. The van der Waals surface area contributed by atoms with Gasteiger partial charge in [0.2, 0.25) is 11.7 Å². The first-order valence-corrected chi connectivity index (χ1v) is 9.37. The smallest absolute Gasteiger partial charge is 0.241 e. The highest BCUT2D eigenvalue weighted by molar-refractivity contribution is 5.79. The van der Waals surface area contributed by atoms with Crippen LogP contribution in [0.3, 0.4) is 0 Å². The largest absolute Gasteiger partial charge is 0.350 e. The number of rotatable bonds is 4. The van der Waals surface area contributed by atoms with Crippen LogP contribution in [0.25, 0.3) is 22.4 Å². The molecule has 1 fully saturated rings. The van der Waals surface area contributed by atoms with Crippen LogP contribution in [0.5, 0.6) is 0 Å². The van der Waals surface area contributed by atoms with Crippen LogP contribution in [0.2, 0.25) is 0 Å². The van der Waals surface area contributed by atoms with Gasteiger partial charge in [0.1, 0.15) is 0 Å². The van der Waals surface area contributed by atoms with E-state index in [1.807, 2.05) is 53.0 Å². The lowest BCUT2D eigenvalue weighted by Crippen LogP contribution is -2.35. The average Bonchev–Trinajstić information content (AvgIpc) is 3.34. The lowest BCUT2D eigenvalue weighted by Gasteiger charge is -2.28. The summed E-state index contributed by atoms with van der Waals surface area (Å²) in [5.74, 6) is 1.37. The molecule has 8 heteroatoms. The Balaban J connectivity index is 1.39. The first-order chi connectivity index (χ1) is 13.3. The number of hydrogen-bond acceptors (Lipinski definition) is 6. The van der Waals surface area contributed by atoms with Crippen LogP contribution < -0.4 is 10.6 Å². The van der Waals surface area contributed by atoms with Crippen molar-refractivity contribution >= 4 is 17.2 Å². The van der Waals surface area contributed by atoms with Gasteiger partial charge in [0.15, 0.2) is 0 Å². The molecule has 0 unspecified atom stereocenters. The lowest BCUT2D eigenvalue weighted by atomic mass is 9.91. The highest BCUT2D eigenvalue weighted by atomic mass is 15.3. The second kappa shape index (κ2) is 6.62. The number of fused-ring (bicyclic) bond motifs is 2. The van der Waals surface area contributed by atoms with E-state index in [1.165, 1.54) is 12.8 Å². The van der Waals surface area contributed by atoms with Gasteiger partial charge < -0.3 is 10.6 Å². The van der Waals surface area contributed by atoms with E-state index in [4.69, 9.17) is 0 Å². The van der Waals surface area contributed by atoms with Crippen molar-refractivity contribution in [2.45, 2.75) is 37.8 Å². The molecule has 0 aliphatic heterocycles. The van der Waals surface area contributed by atoms with E-state index in [-0.39, 0.29) is 0 Å². The second-order valence-electron chi connectivity index (χ2n) is 7.10. The third-order valence-electron chi connectivity index (χ3n) is 5.44. The van der Waals surface area contributed by atoms with Gasteiger partial charge in [0.05, 0.1) is 11.7 Å². The third kappa shape index (κ3) is 3.02. The number of nitrogens with one attached hydrogen (secondary N) is 2. The van der Waals surface area contributed by atoms with E-state index < -0.39 is 0 Å². The van der Waals surface area contributed by atoms with Crippen LogP contribution in [0.4, 0.5) is 5.95 Å². The van der Waals surface area contributed by atoms with Crippen molar-refractivity contribution in [1.82, 2.24) is 34.3 Å². The standard InChI is InChI=1S/C19H22N8/c1-20-14-2-4-15(5-3-14)24-18-22-11-17-16(6-8-27(17)25-18)13-10-23-19-21-7-9-26(19)12-13/h6-12,14-15,20H,2-5H2,1H3,(H,24,25). The van der Waals surface area contributed by atoms with Gasteiger partial charge in [0, 0.05) is 54.2 Å². The number of nitrogens with zero attached hydrogens (tertiary/aromatic N) is 6. The minimum atomic E-state index is 0.440. The Hall–Kier alpha value is -3.00. The summed E-state index contributed by atoms with van der Waals surface area (Å²) in [6.07, 6.45) is 16.0. The van der Waals surface area contributed by atoms with Crippen LogP contribution >= 0.6 is 0 Å². The highest BCUT2D eigenvalue weighted by Crippen LogP contribution is 2.25. The summed E-state index contributed by atoms with van der Waals surface area (Å²) in [5, 5.41) is 11.5. The molecule has 0 atom stereocenters. The zero-order chi connectivity index (χ0) is 18.2. The maximum atomic E-state index is 4.65. The minimum Gasteiger partial charge on any atom is -0.350 e. The molecule has 0 spiro atoms. The summed E-state index contributed by atoms with van der Waals surface area (Å²) in [5.41, 5.74) is 3.03. The number of hydrogen-bond donors (Lipinski definition) is 2. The van der Waals surface area contributed by atoms with Crippen LogP contribution in [-0.4, -0.2) is 48.1 Å². The zero-order valence-corrected chi connectivity index (χ0v) is 15.2. The van der Waals surface area contributed by atoms with Crippen molar-refractivity contribution in [2.24, 2.45) is 0 Å². The minimum absolute atomic E-state index is 0.440. The molecule has 27 heavy (non-hydrogen) atoms. The van der Waals surface area contributed by atoms with Gasteiger partial charge in [-0.3, -0.25) is 4.40 Å². The van der Waals surface area contributed by atoms with Gasteiger partial charge in [-0.05, 0) is 38.8 Å². The molecule has 138 valence electrons. The molecule has 1 aliphatic rings. The van der Waals surface area contributed by atoms with Crippen LogP contribution in [0.15, 0.2) is 43.2 Å². The Bertz CT molecular complexity index is 1070. The Morgan fingerprint density at radius 1 is 1.00 bits per heavy atom. The molecule has 4 heterocycles. The second-order valence-corrected chi connectivity index (χ2v) is 7.10. The van der Waals surface area contributed by atoms with Gasteiger partial charge in [-0.1, -0.05) is 0 Å². The summed E-state index contributed by atoms with van der Waals surface area (Å²) in [6, 6.07) is 3.13. The van der Waals surface area contributed by atoms with Crippen molar-refractivity contribution in [3.8, 4) is 11.1 Å². The van der Waals surface area contributed by atoms with Crippen molar-refractivity contribution in [3.63, 3.8) is 0 Å². The monoisotopic (exact) mass is 362 g/mol. The molecule has 1 saturated carbocycles. The first-order valence-electron chi connectivity index (χ1n) is 9.37. The fourth-order valence-corrected chi connectivity index (χ4v) is 3.87. The van der Waals surface area contributed by atoms with Crippen molar-refractivity contribution < 1.29 is 0 Å². The van der Waals surface area contributed by atoms with Crippen LogP contribution in [0, 0.1) is 0 Å². The number of aromatic nitrogens is 6. The summed E-state index contributed by atoms with van der Waals surface area (Å²) < 4.78 is 3.79. The maximum Gasteiger partial charge on any atom is 0.241 e. The van der Waals surface area contributed by atoms with Gasteiger partial charge in [0.25, 0.3) is 0 Å². The summed E-state index contributed by atoms with van der Waals surface area (Å²) in [6.45, 7) is 0. The molecule has 0 amide bonds. The van der Waals surface area contributed by atoms with Crippen molar-refractivity contribution in [2.75, 3.05) is 12.4 Å². The zero-order valence-electron chi connectivity index (χ0n) is 15.2. The number of imidazole rings is 1. The van der Waals surface area contributed by atoms with Gasteiger partial charge in [-0.25, -0.2) is 19.5 Å². The normalized spacial score (nSPS) is 20.3. The van der Waals surface area contributed by atoms with E-state index in [2.05, 4.69) is 30.7 Å². The van der Waals surface area contributed by atoms with Crippen LogP contribution in [-0.2, 0) is 0 Å². The molecule has 4 aromatic heterocycles. The summed E-state index contributed by atoms with van der Waals surface area (Å²) >= 11 is 0. The van der Waals surface area contributed by atoms with Crippen molar-refractivity contribution in [3.05, 3.63) is 43.2 Å². The van der Waals surface area contributed by atoms with Gasteiger partial charge in [-0.15, -0.1) is 5.10 Å². The molecule has 5 rings (SSSR count). The SMILES string of the molecule is CNC1CCC(Nc2ncc3c(-c4cnc5nccn5c4)ccn3n2)CC1. The van der Waals surface area contributed by atoms with Crippen LogP contribution in [0.1, 0.15) is 25.7 Å². The van der Waals surface area contributed by atoms with E-state index >= 15 is 0 Å². The summed E-state index contributed by atoms with van der Waals surface area (Å²) in [7, 11) is 2.04. The quantitative estimate of drug-likeness (QED) is 0.580. The lowest BCUT2D eigenvalue weighted by molar-refractivity contribution is 0.370. The molecule has 2 N–H and O–H groups in total. The Kier molecular flexibility index (Phi) is 3.97. The Labute approximate surface area is 156 Å². The molecule has 0 bridgehead atoms. The maximum absolute atomic E-state index is 4.65. The Morgan fingerprint density at radius 3 is 2.70 bits per heavy atom. The highest BCUT2D eigenvalue weighted by Gasteiger charge is 2.20. The van der Waals surface area contributed by atoms with E-state index in [9.17, 15) is 0 Å². The molecular formula is C19H22N8. The molecular weight excluding hydrogens is 340 g/mol. The molecule has 0 radical (unpaired) electrons. The fourth-order valence-electron chi connectivity index (χ4n) is 3.87. The van der Waals surface area contributed by atoms with Gasteiger partial charge in [-0.2, -0.15) is 0 Å². The molecule has 0 aromatic carbocycles. The van der Waals surface area contributed by atoms with E-state index in [0.717, 1.165) is 29.5 Å². The van der Waals surface area contributed by atoms with Crippen molar-refractivity contribution in [1.29, 1.82) is 0 Å². The van der Waals surface area contributed by atoms with E-state index in [0.29, 0.717) is 23.8 Å². The molecule has 1 aliphatic carbocycles. The third-order valence-corrected chi connectivity index (χ3v) is 5.44. The predicted octanol–water partition coefficient (Wildman–Crippen LogP) is 2.38. The topological polar surface area (TPSA) is 84.4 Å². The van der Waals surface area contributed by atoms with E-state index in [1.54, 1.807) is 6.20 Å². The fraction of sp³-hybridized carbons (Fsp3) is 0.368. The molecule has 8 nitrogen and oxygen atoms in total. The first kappa shape index (κ1) is 16.2. The van der Waals surface area contributed by atoms with Gasteiger partial charge >= 0.3 is 0 Å². The Morgan fingerprint density at radius 2 is 1.85 bits per heavy atom. The predicted molar refractivity (Wildman–Crippen MR) is 104 cm³/mol. The summed E-state index contributed by atoms with van der Waals surface area (Å²) in [4.78, 5) is 13.1. The number of anilines is 1. The average molecular weight is 362 g/mol. The molecule has 4 aromatic rings.